The molecule has 2 rings (SSSR count). The van der Waals surface area contributed by atoms with Crippen LogP contribution in [0.3, 0.4) is 0 Å². The number of rotatable bonds is 4. The van der Waals surface area contributed by atoms with E-state index in [0.717, 1.165) is 5.56 Å². The molecule has 0 aliphatic rings. The van der Waals surface area contributed by atoms with Crippen molar-refractivity contribution in [2.75, 3.05) is 0 Å². The zero-order valence-corrected chi connectivity index (χ0v) is 10.9. The molecule has 1 aromatic heterocycles. The number of pyridine rings is 1. The van der Waals surface area contributed by atoms with E-state index in [9.17, 15) is 4.79 Å². The molecule has 5 heteroatoms. The Bertz CT molecular complexity index is 574. The second kappa shape index (κ2) is 5.89. The van der Waals surface area contributed by atoms with Crippen LogP contribution in [0.5, 0.6) is 0 Å². The lowest BCUT2D eigenvalue weighted by atomic mass is 10.2. The Kier molecular flexibility index (Phi) is 4.23. The number of halogens is 1. The summed E-state index contributed by atoms with van der Waals surface area (Å²) in [6.45, 7) is 0. The van der Waals surface area contributed by atoms with Gasteiger partial charge in [0.25, 0.3) is 0 Å². The minimum atomic E-state index is -1.02. The van der Waals surface area contributed by atoms with Crippen LogP contribution in [0.15, 0.2) is 47.5 Å². The normalized spacial score (nSPS) is 10.3. The lowest BCUT2D eigenvalue weighted by Gasteiger charge is -2.06. The molecule has 0 aliphatic carbocycles. The molecule has 0 spiro atoms. The highest BCUT2D eigenvalue weighted by Gasteiger charge is 2.11. The molecule has 0 atom stereocenters. The molecule has 0 bridgehead atoms. The van der Waals surface area contributed by atoms with Crippen molar-refractivity contribution in [3.05, 3.63) is 58.9 Å². The van der Waals surface area contributed by atoms with Crippen LogP contribution in [0.4, 0.5) is 0 Å². The van der Waals surface area contributed by atoms with Crippen molar-refractivity contribution < 1.29 is 9.90 Å². The molecule has 0 saturated carbocycles. The predicted molar refractivity (Wildman–Crippen MR) is 72.2 cm³/mol. The molecule has 1 N–H and O–H groups in total. The van der Waals surface area contributed by atoms with Crippen molar-refractivity contribution in [1.29, 1.82) is 0 Å². The van der Waals surface area contributed by atoms with Gasteiger partial charge in [0.15, 0.2) is 5.69 Å². The summed E-state index contributed by atoms with van der Waals surface area (Å²) >= 11 is 7.46. The van der Waals surface area contributed by atoms with Crippen LogP contribution in [-0.4, -0.2) is 16.1 Å². The van der Waals surface area contributed by atoms with Crippen LogP contribution in [0.2, 0.25) is 5.02 Å². The highest BCUT2D eigenvalue weighted by atomic mass is 35.5. The zero-order chi connectivity index (χ0) is 13.0. The largest absolute Gasteiger partial charge is 0.476 e. The smallest absolute Gasteiger partial charge is 0.355 e. The van der Waals surface area contributed by atoms with Crippen molar-refractivity contribution in [2.24, 2.45) is 0 Å². The molecule has 0 aliphatic heterocycles. The summed E-state index contributed by atoms with van der Waals surface area (Å²) in [6.07, 6.45) is 1.48. The number of hydrogen-bond donors (Lipinski definition) is 1. The predicted octanol–water partition coefficient (Wildman–Crippen LogP) is 3.73. The van der Waals surface area contributed by atoms with Crippen LogP contribution in [0.25, 0.3) is 0 Å². The van der Waals surface area contributed by atoms with Gasteiger partial charge in [0.2, 0.25) is 0 Å². The van der Waals surface area contributed by atoms with Gasteiger partial charge in [0.05, 0.1) is 0 Å². The first-order valence-corrected chi connectivity index (χ1v) is 6.59. The Balaban J connectivity index is 2.16. The van der Waals surface area contributed by atoms with E-state index in [1.807, 2.05) is 24.3 Å². The third-order valence-electron chi connectivity index (χ3n) is 2.31. The second-order valence-corrected chi connectivity index (χ2v) is 4.96. The number of aromatic nitrogens is 1. The fourth-order valence-electron chi connectivity index (χ4n) is 1.44. The molecular formula is C13H10ClNO2S. The number of hydrogen-bond acceptors (Lipinski definition) is 3. The maximum atomic E-state index is 11.0. The molecule has 1 aromatic carbocycles. The quantitative estimate of drug-likeness (QED) is 0.867. The van der Waals surface area contributed by atoms with Gasteiger partial charge >= 0.3 is 5.97 Å². The number of carboxylic acids is 1. The van der Waals surface area contributed by atoms with E-state index < -0.39 is 5.97 Å². The molecule has 1 heterocycles. The molecule has 18 heavy (non-hydrogen) atoms. The first-order chi connectivity index (χ1) is 8.68. The number of benzene rings is 1. The molecule has 92 valence electrons. The molecule has 0 fully saturated rings. The molecular weight excluding hydrogens is 270 g/mol. The van der Waals surface area contributed by atoms with Gasteiger partial charge in [-0.15, -0.1) is 11.8 Å². The van der Waals surface area contributed by atoms with Gasteiger partial charge in [-0.1, -0.05) is 29.8 Å². The maximum absolute atomic E-state index is 11.0. The number of nitrogens with zero attached hydrogens (tertiary/aromatic N) is 1. The molecule has 0 unspecified atom stereocenters. The van der Waals surface area contributed by atoms with E-state index in [1.165, 1.54) is 18.0 Å². The highest BCUT2D eigenvalue weighted by Crippen LogP contribution is 2.28. The molecule has 2 aromatic rings. The summed E-state index contributed by atoms with van der Waals surface area (Å²) in [5.74, 6) is -0.400. The van der Waals surface area contributed by atoms with Gasteiger partial charge in [-0.2, -0.15) is 0 Å². The van der Waals surface area contributed by atoms with Gasteiger partial charge in [-0.05, 0) is 23.8 Å². The first kappa shape index (κ1) is 12.9. The fourth-order valence-corrected chi connectivity index (χ4v) is 2.73. The van der Waals surface area contributed by atoms with Crippen molar-refractivity contribution in [1.82, 2.24) is 4.98 Å². The summed E-state index contributed by atoms with van der Waals surface area (Å²) in [5.41, 5.74) is 1.05. The Hall–Kier alpha value is -1.52. The van der Waals surface area contributed by atoms with Crippen LogP contribution < -0.4 is 0 Å². The number of carboxylic acid groups (broad SMARTS) is 1. The van der Waals surface area contributed by atoms with E-state index in [1.54, 1.807) is 12.1 Å². The lowest BCUT2D eigenvalue weighted by molar-refractivity contribution is 0.0686. The summed E-state index contributed by atoms with van der Waals surface area (Å²) < 4.78 is 0. The van der Waals surface area contributed by atoms with Gasteiger partial charge < -0.3 is 5.11 Å². The van der Waals surface area contributed by atoms with Gasteiger partial charge in [0, 0.05) is 21.9 Å². The van der Waals surface area contributed by atoms with E-state index in [4.69, 9.17) is 16.7 Å². The van der Waals surface area contributed by atoms with Crippen LogP contribution in [0.1, 0.15) is 16.1 Å². The number of carbonyl (C=O) groups is 1. The molecule has 3 nitrogen and oxygen atoms in total. The zero-order valence-electron chi connectivity index (χ0n) is 9.34. The van der Waals surface area contributed by atoms with Gasteiger partial charge in [-0.25, -0.2) is 9.78 Å². The number of thioether (sulfide) groups is 1. The Morgan fingerprint density at radius 1 is 1.28 bits per heavy atom. The average molecular weight is 280 g/mol. The molecule has 0 saturated heterocycles. The minimum Gasteiger partial charge on any atom is -0.476 e. The average Bonchev–Trinajstić information content (AvgIpc) is 2.38. The maximum Gasteiger partial charge on any atom is 0.355 e. The summed E-state index contributed by atoms with van der Waals surface area (Å²) in [4.78, 5) is 15.5. The van der Waals surface area contributed by atoms with Crippen molar-refractivity contribution in [3.63, 3.8) is 0 Å². The van der Waals surface area contributed by atoms with E-state index in [2.05, 4.69) is 4.98 Å². The highest BCUT2D eigenvalue weighted by molar-refractivity contribution is 7.98. The minimum absolute atomic E-state index is 0.0783. The third kappa shape index (κ3) is 3.03. The molecule has 0 amide bonds. The van der Waals surface area contributed by atoms with Crippen molar-refractivity contribution in [3.8, 4) is 0 Å². The van der Waals surface area contributed by atoms with Crippen molar-refractivity contribution in [2.45, 2.75) is 10.6 Å². The standard InChI is InChI=1S/C13H10ClNO2S/c14-10-5-2-1-4-9(10)8-18-11-6-3-7-15-12(11)13(16)17/h1-7H,8H2,(H,16,17). The van der Waals surface area contributed by atoms with Crippen LogP contribution >= 0.6 is 23.4 Å². The van der Waals surface area contributed by atoms with E-state index in [0.29, 0.717) is 15.7 Å². The second-order valence-electron chi connectivity index (χ2n) is 3.54. The summed E-state index contributed by atoms with van der Waals surface area (Å²) in [5, 5.41) is 9.70. The van der Waals surface area contributed by atoms with Crippen LogP contribution in [0, 0.1) is 0 Å². The van der Waals surface area contributed by atoms with Crippen molar-refractivity contribution >= 4 is 29.3 Å². The molecule has 0 radical (unpaired) electrons. The third-order valence-corrected chi connectivity index (χ3v) is 3.78. The van der Waals surface area contributed by atoms with Crippen LogP contribution in [-0.2, 0) is 5.75 Å². The summed E-state index contributed by atoms with van der Waals surface area (Å²) in [7, 11) is 0. The summed E-state index contributed by atoms with van der Waals surface area (Å²) in [6, 6.07) is 11.0. The monoisotopic (exact) mass is 279 g/mol. The fraction of sp³-hybridized carbons (Fsp3) is 0.0769. The topological polar surface area (TPSA) is 50.2 Å². The Morgan fingerprint density at radius 2 is 2.06 bits per heavy atom. The SMILES string of the molecule is O=C(O)c1ncccc1SCc1ccccc1Cl. The first-order valence-electron chi connectivity index (χ1n) is 5.23. The van der Waals surface area contributed by atoms with Gasteiger partial charge in [-0.3, -0.25) is 0 Å². The number of aromatic carboxylic acids is 1. The van der Waals surface area contributed by atoms with E-state index in [-0.39, 0.29) is 5.69 Å². The lowest BCUT2D eigenvalue weighted by Crippen LogP contribution is -2.01. The Morgan fingerprint density at radius 3 is 2.78 bits per heavy atom. The van der Waals surface area contributed by atoms with Gasteiger partial charge in [0.1, 0.15) is 0 Å². The van der Waals surface area contributed by atoms with E-state index >= 15 is 0 Å². The Labute approximate surface area is 114 Å².